The van der Waals surface area contributed by atoms with Crippen LogP contribution < -0.4 is 15.0 Å². The van der Waals surface area contributed by atoms with E-state index in [2.05, 4.69) is 34.1 Å². The molecule has 0 aliphatic carbocycles. The first kappa shape index (κ1) is 21.9. The summed E-state index contributed by atoms with van der Waals surface area (Å²) >= 11 is 0. The summed E-state index contributed by atoms with van der Waals surface area (Å²) in [6.45, 7) is 9.04. The summed E-state index contributed by atoms with van der Waals surface area (Å²) < 4.78 is 6.98. The molecule has 1 N–H and O–H groups in total. The quantitative estimate of drug-likeness (QED) is 0.619. The molecule has 1 saturated heterocycles. The molecule has 0 atom stereocenters. The third kappa shape index (κ3) is 5.11. The Hall–Kier alpha value is -3.32. The standard InChI is InChI=1S/C25H31N5O2/c1-19(2)28-14-16-29(17-15-28)22-6-4-20(5-7-22)25(31)26-18-21-12-13-30(27-21)23-8-10-24(32-3)11-9-23/h4-13,19H,14-18H2,1-3H3,(H,26,31). The topological polar surface area (TPSA) is 62.6 Å². The van der Waals surface area contributed by atoms with Gasteiger partial charge in [-0.1, -0.05) is 0 Å². The van der Waals surface area contributed by atoms with E-state index in [1.807, 2.05) is 60.8 Å². The van der Waals surface area contributed by atoms with Crippen LogP contribution in [-0.4, -0.2) is 59.9 Å². The molecular formula is C25H31N5O2. The van der Waals surface area contributed by atoms with Gasteiger partial charge in [0, 0.05) is 49.7 Å². The van der Waals surface area contributed by atoms with Gasteiger partial charge in [0.2, 0.25) is 0 Å². The van der Waals surface area contributed by atoms with Gasteiger partial charge in [-0.15, -0.1) is 0 Å². The second kappa shape index (κ2) is 9.87. The minimum Gasteiger partial charge on any atom is -0.497 e. The lowest BCUT2D eigenvalue weighted by Crippen LogP contribution is -2.48. The van der Waals surface area contributed by atoms with Crippen molar-refractivity contribution in [2.24, 2.45) is 0 Å². The molecule has 0 radical (unpaired) electrons. The fourth-order valence-electron chi connectivity index (χ4n) is 3.93. The van der Waals surface area contributed by atoms with Crippen LogP contribution in [0.25, 0.3) is 5.69 Å². The Kier molecular flexibility index (Phi) is 6.75. The van der Waals surface area contributed by atoms with E-state index in [0.29, 0.717) is 18.2 Å². The number of carbonyl (C=O) groups excluding carboxylic acids is 1. The molecule has 1 amide bonds. The molecule has 168 valence electrons. The summed E-state index contributed by atoms with van der Waals surface area (Å²) in [6, 6.07) is 18.0. The van der Waals surface area contributed by atoms with E-state index in [9.17, 15) is 4.79 Å². The lowest BCUT2D eigenvalue weighted by atomic mass is 10.1. The van der Waals surface area contributed by atoms with Crippen molar-refractivity contribution in [1.82, 2.24) is 20.0 Å². The van der Waals surface area contributed by atoms with E-state index in [0.717, 1.165) is 43.3 Å². The zero-order chi connectivity index (χ0) is 22.5. The van der Waals surface area contributed by atoms with Crippen molar-refractivity contribution in [3.63, 3.8) is 0 Å². The highest BCUT2D eigenvalue weighted by atomic mass is 16.5. The van der Waals surface area contributed by atoms with Crippen molar-refractivity contribution < 1.29 is 9.53 Å². The van der Waals surface area contributed by atoms with Gasteiger partial charge in [0.15, 0.2) is 0 Å². The number of anilines is 1. The minimum atomic E-state index is -0.0971. The molecule has 3 aromatic rings. The Bertz CT molecular complexity index is 1020. The molecule has 7 nitrogen and oxygen atoms in total. The number of rotatable bonds is 7. The van der Waals surface area contributed by atoms with Gasteiger partial charge >= 0.3 is 0 Å². The van der Waals surface area contributed by atoms with Crippen molar-refractivity contribution in [2.75, 3.05) is 38.2 Å². The van der Waals surface area contributed by atoms with Gasteiger partial charge in [0.25, 0.3) is 5.91 Å². The second-order valence-electron chi connectivity index (χ2n) is 8.30. The molecule has 1 fully saturated rings. The van der Waals surface area contributed by atoms with E-state index in [4.69, 9.17) is 4.74 Å². The van der Waals surface area contributed by atoms with Crippen molar-refractivity contribution in [1.29, 1.82) is 0 Å². The number of nitrogens with zero attached hydrogens (tertiary/aromatic N) is 4. The highest BCUT2D eigenvalue weighted by Crippen LogP contribution is 2.18. The Morgan fingerprint density at radius 1 is 0.969 bits per heavy atom. The summed E-state index contributed by atoms with van der Waals surface area (Å²) in [7, 11) is 1.64. The smallest absolute Gasteiger partial charge is 0.251 e. The van der Waals surface area contributed by atoms with Crippen LogP contribution in [0, 0.1) is 0 Å². The van der Waals surface area contributed by atoms with Crippen LogP contribution >= 0.6 is 0 Å². The number of benzene rings is 2. The van der Waals surface area contributed by atoms with E-state index in [1.165, 1.54) is 5.69 Å². The highest BCUT2D eigenvalue weighted by Gasteiger charge is 2.19. The van der Waals surface area contributed by atoms with Crippen molar-refractivity contribution in [2.45, 2.75) is 26.4 Å². The van der Waals surface area contributed by atoms with Crippen LogP contribution in [-0.2, 0) is 6.54 Å². The largest absolute Gasteiger partial charge is 0.497 e. The monoisotopic (exact) mass is 433 g/mol. The third-order valence-electron chi connectivity index (χ3n) is 5.95. The number of methoxy groups -OCH3 is 1. The average molecular weight is 434 g/mol. The fourth-order valence-corrected chi connectivity index (χ4v) is 3.93. The van der Waals surface area contributed by atoms with Gasteiger partial charge in [-0.2, -0.15) is 5.10 Å². The van der Waals surface area contributed by atoms with Gasteiger partial charge in [-0.3, -0.25) is 9.69 Å². The van der Waals surface area contributed by atoms with Crippen LogP contribution in [0.1, 0.15) is 29.9 Å². The van der Waals surface area contributed by atoms with Gasteiger partial charge in [-0.05, 0) is 68.4 Å². The number of nitrogens with one attached hydrogen (secondary N) is 1. The van der Waals surface area contributed by atoms with Crippen LogP contribution in [0.3, 0.4) is 0 Å². The molecular weight excluding hydrogens is 402 g/mol. The normalized spacial score (nSPS) is 14.6. The van der Waals surface area contributed by atoms with Crippen LogP contribution in [0.15, 0.2) is 60.8 Å². The average Bonchev–Trinajstić information content (AvgIpc) is 3.32. The molecule has 1 aromatic heterocycles. The molecule has 0 spiro atoms. The maximum atomic E-state index is 12.6. The maximum absolute atomic E-state index is 12.6. The molecule has 4 rings (SSSR count). The Labute approximate surface area is 189 Å². The molecule has 0 bridgehead atoms. The first-order valence-corrected chi connectivity index (χ1v) is 11.1. The summed E-state index contributed by atoms with van der Waals surface area (Å²) in [6.07, 6.45) is 1.89. The number of ether oxygens (including phenoxy) is 1. The molecule has 1 aliphatic rings. The van der Waals surface area contributed by atoms with Gasteiger partial charge in [-0.25, -0.2) is 4.68 Å². The zero-order valence-corrected chi connectivity index (χ0v) is 19.0. The zero-order valence-electron chi connectivity index (χ0n) is 19.0. The molecule has 32 heavy (non-hydrogen) atoms. The predicted molar refractivity (Wildman–Crippen MR) is 127 cm³/mol. The van der Waals surface area contributed by atoms with Gasteiger partial charge in [0.05, 0.1) is 25.0 Å². The highest BCUT2D eigenvalue weighted by molar-refractivity contribution is 5.94. The van der Waals surface area contributed by atoms with Crippen molar-refractivity contribution in [3.05, 3.63) is 72.1 Å². The van der Waals surface area contributed by atoms with Crippen LogP contribution in [0.5, 0.6) is 5.75 Å². The van der Waals surface area contributed by atoms with E-state index < -0.39 is 0 Å². The van der Waals surface area contributed by atoms with Crippen LogP contribution in [0.2, 0.25) is 0 Å². The van der Waals surface area contributed by atoms with Gasteiger partial charge in [0.1, 0.15) is 5.75 Å². The Balaban J connectivity index is 1.30. The van der Waals surface area contributed by atoms with E-state index in [1.54, 1.807) is 11.8 Å². The fraction of sp³-hybridized carbons (Fsp3) is 0.360. The lowest BCUT2D eigenvalue weighted by molar-refractivity contribution is 0.0950. The minimum absolute atomic E-state index is 0.0971. The Morgan fingerprint density at radius 3 is 2.25 bits per heavy atom. The molecule has 2 aromatic carbocycles. The summed E-state index contributed by atoms with van der Waals surface area (Å²) in [5, 5.41) is 7.51. The summed E-state index contributed by atoms with van der Waals surface area (Å²) in [5.41, 5.74) is 3.56. The van der Waals surface area contributed by atoms with Crippen molar-refractivity contribution in [3.8, 4) is 11.4 Å². The number of carbonyl (C=O) groups is 1. The second-order valence-corrected chi connectivity index (χ2v) is 8.30. The first-order valence-electron chi connectivity index (χ1n) is 11.1. The van der Waals surface area contributed by atoms with Gasteiger partial charge < -0.3 is 15.0 Å². The maximum Gasteiger partial charge on any atom is 0.251 e. The van der Waals surface area contributed by atoms with Crippen molar-refractivity contribution >= 4 is 11.6 Å². The molecule has 0 unspecified atom stereocenters. The Morgan fingerprint density at radius 2 is 1.62 bits per heavy atom. The number of hydrogen-bond acceptors (Lipinski definition) is 5. The SMILES string of the molecule is COc1ccc(-n2ccc(CNC(=O)c3ccc(N4CCN(C(C)C)CC4)cc3)n2)cc1. The first-order chi connectivity index (χ1) is 15.5. The summed E-state index contributed by atoms with van der Waals surface area (Å²) in [5.74, 6) is 0.706. The van der Waals surface area contributed by atoms with E-state index in [-0.39, 0.29) is 5.91 Å². The predicted octanol–water partition coefficient (Wildman–Crippen LogP) is 3.34. The number of piperazine rings is 1. The molecule has 1 aliphatic heterocycles. The third-order valence-corrected chi connectivity index (χ3v) is 5.95. The lowest BCUT2D eigenvalue weighted by Gasteiger charge is -2.38. The van der Waals surface area contributed by atoms with E-state index >= 15 is 0 Å². The molecule has 2 heterocycles. The number of amides is 1. The van der Waals surface area contributed by atoms with Crippen LogP contribution in [0.4, 0.5) is 5.69 Å². The molecule has 0 saturated carbocycles. The number of hydrogen-bond donors (Lipinski definition) is 1. The molecule has 7 heteroatoms. The summed E-state index contributed by atoms with van der Waals surface area (Å²) in [4.78, 5) is 17.5. The number of aromatic nitrogens is 2.